The molecule has 0 radical (unpaired) electrons. The number of hydrogen-bond acceptors (Lipinski definition) is 4. The summed E-state index contributed by atoms with van der Waals surface area (Å²) in [6.45, 7) is 0. The van der Waals surface area contributed by atoms with E-state index >= 15 is 0 Å². The Balaban J connectivity index is 2.29. The highest BCUT2D eigenvalue weighted by atomic mass is 16.4. The van der Waals surface area contributed by atoms with E-state index in [0.29, 0.717) is 11.1 Å². The normalized spacial score (nSPS) is 12.9. The predicted molar refractivity (Wildman–Crippen MR) is 81.7 cm³/mol. The molecule has 2 rings (SSSR count). The van der Waals surface area contributed by atoms with Crippen LogP contribution in [0.15, 0.2) is 60.7 Å². The van der Waals surface area contributed by atoms with Gasteiger partial charge in [0.2, 0.25) is 0 Å². The zero-order valence-corrected chi connectivity index (χ0v) is 12.0. The highest BCUT2D eigenvalue weighted by molar-refractivity contribution is 6.34. The molecule has 0 aliphatic rings. The highest BCUT2D eigenvalue weighted by Crippen LogP contribution is 2.18. The van der Waals surface area contributed by atoms with Gasteiger partial charge < -0.3 is 15.5 Å². The van der Waals surface area contributed by atoms with E-state index in [1.165, 1.54) is 0 Å². The van der Waals surface area contributed by atoms with E-state index in [-0.39, 0.29) is 0 Å². The lowest BCUT2D eigenvalue weighted by atomic mass is 9.98. The quantitative estimate of drug-likeness (QED) is 0.695. The molecule has 3 N–H and O–H groups in total. The molecule has 118 valence electrons. The van der Waals surface area contributed by atoms with Crippen molar-refractivity contribution in [3.63, 3.8) is 0 Å². The fourth-order valence-corrected chi connectivity index (χ4v) is 2.10. The number of aliphatic carboxylic acids is 1. The smallest absolute Gasteiger partial charge is 0.375 e. The van der Waals surface area contributed by atoms with Crippen LogP contribution in [0, 0.1) is 0 Å². The van der Waals surface area contributed by atoms with Crippen molar-refractivity contribution in [1.82, 2.24) is 5.32 Å². The number of carboxylic acids is 1. The minimum Gasteiger partial charge on any atom is -0.475 e. The van der Waals surface area contributed by atoms with Crippen LogP contribution >= 0.6 is 0 Å². The largest absolute Gasteiger partial charge is 0.475 e. The van der Waals surface area contributed by atoms with Crippen molar-refractivity contribution in [3.8, 4) is 0 Å². The molecule has 2 atom stereocenters. The Kier molecular flexibility index (Phi) is 5.22. The third kappa shape index (κ3) is 4.02. The van der Waals surface area contributed by atoms with Crippen molar-refractivity contribution >= 4 is 17.7 Å². The molecule has 0 heterocycles. The second-order valence-corrected chi connectivity index (χ2v) is 4.84. The average Bonchev–Trinajstić information content (AvgIpc) is 2.59. The molecule has 0 saturated heterocycles. The van der Waals surface area contributed by atoms with Crippen LogP contribution in [0.2, 0.25) is 0 Å². The summed E-state index contributed by atoms with van der Waals surface area (Å²) < 4.78 is 0. The molecule has 6 nitrogen and oxygen atoms in total. The van der Waals surface area contributed by atoms with Crippen molar-refractivity contribution in [2.24, 2.45) is 0 Å². The maximum absolute atomic E-state index is 12.2. The Morgan fingerprint density at radius 3 is 1.91 bits per heavy atom. The number of benzene rings is 2. The standard InChI is InChI=1S/C17H15NO5/c19-14(15(20)17(22)23)13(11-7-3-1-4-8-11)18-16(21)12-9-5-2-6-10-12/h1-10,13-14,19H,(H,18,21)(H,22,23)/t13?,14-/m1/s1. The zero-order chi connectivity index (χ0) is 16.8. The molecule has 0 aliphatic heterocycles. The molecule has 0 bridgehead atoms. The van der Waals surface area contributed by atoms with Crippen molar-refractivity contribution in [3.05, 3.63) is 71.8 Å². The lowest BCUT2D eigenvalue weighted by Gasteiger charge is -2.22. The monoisotopic (exact) mass is 313 g/mol. The van der Waals surface area contributed by atoms with E-state index in [2.05, 4.69) is 5.32 Å². The third-order valence-electron chi connectivity index (χ3n) is 3.28. The summed E-state index contributed by atoms with van der Waals surface area (Å²) in [7, 11) is 0. The lowest BCUT2D eigenvalue weighted by molar-refractivity contribution is -0.153. The van der Waals surface area contributed by atoms with E-state index in [0.717, 1.165) is 0 Å². The maximum Gasteiger partial charge on any atom is 0.375 e. The molecule has 1 amide bonds. The van der Waals surface area contributed by atoms with Gasteiger partial charge in [0.1, 0.15) is 6.10 Å². The summed E-state index contributed by atoms with van der Waals surface area (Å²) >= 11 is 0. The van der Waals surface area contributed by atoms with Crippen LogP contribution in [0.4, 0.5) is 0 Å². The first-order chi connectivity index (χ1) is 11.0. The first-order valence-corrected chi connectivity index (χ1v) is 6.86. The number of carbonyl (C=O) groups excluding carboxylic acids is 2. The molecule has 0 spiro atoms. The van der Waals surface area contributed by atoms with Gasteiger partial charge in [-0.2, -0.15) is 0 Å². The van der Waals surface area contributed by atoms with Crippen LogP contribution in [0.3, 0.4) is 0 Å². The molecule has 0 aliphatic carbocycles. The third-order valence-corrected chi connectivity index (χ3v) is 3.28. The van der Waals surface area contributed by atoms with Crippen molar-refractivity contribution in [2.75, 3.05) is 0 Å². The van der Waals surface area contributed by atoms with Crippen LogP contribution in [0.25, 0.3) is 0 Å². The van der Waals surface area contributed by atoms with E-state index in [1.807, 2.05) is 0 Å². The average molecular weight is 313 g/mol. The number of aliphatic hydroxyl groups is 1. The molecular formula is C17H15NO5. The van der Waals surface area contributed by atoms with Gasteiger partial charge in [-0.3, -0.25) is 9.59 Å². The summed E-state index contributed by atoms with van der Waals surface area (Å²) in [6.07, 6.45) is -1.89. The van der Waals surface area contributed by atoms with Gasteiger partial charge in [-0.15, -0.1) is 0 Å². The van der Waals surface area contributed by atoms with Gasteiger partial charge in [0.05, 0.1) is 6.04 Å². The van der Waals surface area contributed by atoms with Crippen LogP contribution in [0.1, 0.15) is 22.0 Å². The molecule has 0 fully saturated rings. The van der Waals surface area contributed by atoms with E-state index < -0.39 is 29.8 Å². The number of rotatable bonds is 6. The number of amides is 1. The maximum atomic E-state index is 12.2. The van der Waals surface area contributed by atoms with Crippen LogP contribution in [-0.2, 0) is 9.59 Å². The number of ketones is 1. The fraction of sp³-hybridized carbons (Fsp3) is 0.118. The Labute approximate surface area is 132 Å². The first-order valence-electron chi connectivity index (χ1n) is 6.86. The fourth-order valence-electron chi connectivity index (χ4n) is 2.10. The molecular weight excluding hydrogens is 298 g/mol. The molecule has 2 aromatic rings. The minimum atomic E-state index is -1.89. The summed E-state index contributed by atoms with van der Waals surface area (Å²) in [6, 6.07) is 15.3. The summed E-state index contributed by atoms with van der Waals surface area (Å²) in [5, 5.41) is 21.3. The lowest BCUT2D eigenvalue weighted by Crippen LogP contribution is -2.42. The molecule has 23 heavy (non-hydrogen) atoms. The predicted octanol–water partition coefficient (Wildman–Crippen LogP) is 1.17. The Bertz CT molecular complexity index is 699. The minimum absolute atomic E-state index is 0.336. The SMILES string of the molecule is O=C(O)C(=O)[C@H](O)C(NC(=O)c1ccccc1)c1ccccc1. The summed E-state index contributed by atoms with van der Waals surface area (Å²) in [4.78, 5) is 34.6. The van der Waals surface area contributed by atoms with Gasteiger partial charge >= 0.3 is 5.97 Å². The van der Waals surface area contributed by atoms with Gasteiger partial charge in [-0.05, 0) is 17.7 Å². The Hall–Kier alpha value is -2.99. The second kappa shape index (κ2) is 7.33. The number of hydrogen-bond donors (Lipinski definition) is 3. The Morgan fingerprint density at radius 1 is 0.870 bits per heavy atom. The van der Waals surface area contributed by atoms with Gasteiger partial charge in [-0.1, -0.05) is 48.5 Å². The number of nitrogens with one attached hydrogen (secondary N) is 1. The summed E-state index contributed by atoms with van der Waals surface area (Å²) in [5.74, 6) is -3.66. The van der Waals surface area contributed by atoms with E-state index in [1.54, 1.807) is 60.7 Å². The van der Waals surface area contributed by atoms with Gasteiger partial charge in [0.15, 0.2) is 0 Å². The van der Waals surface area contributed by atoms with Crippen LogP contribution in [-0.4, -0.2) is 34.0 Å². The molecule has 0 saturated carbocycles. The molecule has 2 aromatic carbocycles. The van der Waals surface area contributed by atoms with Crippen LogP contribution in [0.5, 0.6) is 0 Å². The van der Waals surface area contributed by atoms with E-state index in [4.69, 9.17) is 5.11 Å². The topological polar surface area (TPSA) is 104 Å². The zero-order valence-electron chi connectivity index (χ0n) is 12.0. The summed E-state index contributed by atoms with van der Waals surface area (Å²) in [5.41, 5.74) is 0.766. The van der Waals surface area contributed by atoms with Crippen molar-refractivity contribution in [2.45, 2.75) is 12.1 Å². The van der Waals surface area contributed by atoms with Gasteiger partial charge in [0.25, 0.3) is 11.7 Å². The number of Topliss-reactive ketones (excluding diaryl/α,β-unsaturated/α-hetero) is 1. The molecule has 6 heteroatoms. The van der Waals surface area contributed by atoms with Crippen molar-refractivity contribution < 1.29 is 24.6 Å². The molecule has 1 unspecified atom stereocenters. The van der Waals surface area contributed by atoms with Crippen LogP contribution < -0.4 is 5.32 Å². The van der Waals surface area contributed by atoms with E-state index in [9.17, 15) is 19.5 Å². The molecule has 0 aromatic heterocycles. The van der Waals surface area contributed by atoms with Gasteiger partial charge in [0, 0.05) is 5.56 Å². The first kappa shape index (κ1) is 16.4. The number of aliphatic hydroxyl groups excluding tert-OH is 1. The Morgan fingerprint density at radius 2 is 1.39 bits per heavy atom. The van der Waals surface area contributed by atoms with Crippen molar-refractivity contribution in [1.29, 1.82) is 0 Å². The highest BCUT2D eigenvalue weighted by Gasteiger charge is 2.33. The number of carboxylic acid groups (broad SMARTS) is 1. The van der Waals surface area contributed by atoms with Gasteiger partial charge in [-0.25, -0.2) is 4.79 Å². The number of carbonyl (C=O) groups is 3. The second-order valence-electron chi connectivity index (χ2n) is 4.84.